The van der Waals surface area contributed by atoms with Crippen molar-refractivity contribution in [2.75, 3.05) is 13.2 Å². The van der Waals surface area contributed by atoms with Gasteiger partial charge in [0.1, 0.15) is 13.2 Å². The summed E-state index contributed by atoms with van der Waals surface area (Å²) in [4.78, 5) is 37.8. The molecule has 0 amide bonds. The molecule has 0 aromatic carbocycles. The van der Waals surface area contributed by atoms with Crippen LogP contribution in [0.3, 0.4) is 0 Å². The molecule has 0 aliphatic heterocycles. The zero-order valence-electron chi connectivity index (χ0n) is 39.7. The van der Waals surface area contributed by atoms with Crippen molar-refractivity contribution >= 4 is 17.9 Å². The molecule has 0 aromatic rings. The normalized spacial score (nSPS) is 12.8. The van der Waals surface area contributed by atoms with Gasteiger partial charge in [-0.1, -0.05) is 209 Å². The van der Waals surface area contributed by atoms with Gasteiger partial charge in [0.05, 0.1) is 0 Å². The molecule has 0 fully saturated rings. The molecule has 0 heterocycles. The topological polar surface area (TPSA) is 78.9 Å². The number of ether oxygens (including phenoxy) is 3. The summed E-state index contributed by atoms with van der Waals surface area (Å²) >= 11 is 0. The summed E-state index contributed by atoms with van der Waals surface area (Å²) in [6.07, 6.45) is 62.9. The Hall–Kier alpha value is -3.41. The zero-order chi connectivity index (χ0) is 44.4. The molecule has 0 aromatic heterocycles. The summed E-state index contributed by atoms with van der Waals surface area (Å²) in [5.74, 6) is -1.00. The highest BCUT2D eigenvalue weighted by Crippen LogP contribution is 2.14. The minimum atomic E-state index is -0.816. The van der Waals surface area contributed by atoms with Crippen LogP contribution in [0.15, 0.2) is 85.1 Å². The molecule has 0 aliphatic carbocycles. The van der Waals surface area contributed by atoms with Gasteiger partial charge >= 0.3 is 17.9 Å². The van der Waals surface area contributed by atoms with Gasteiger partial charge in [0.25, 0.3) is 0 Å². The molecule has 0 aliphatic rings. The van der Waals surface area contributed by atoms with E-state index < -0.39 is 12.1 Å². The fourth-order valence-electron chi connectivity index (χ4n) is 6.64. The van der Waals surface area contributed by atoms with Gasteiger partial charge in [0.2, 0.25) is 0 Å². The highest BCUT2D eigenvalue weighted by atomic mass is 16.6. The van der Waals surface area contributed by atoms with E-state index in [1.54, 1.807) is 0 Å². The van der Waals surface area contributed by atoms with E-state index in [0.717, 1.165) is 83.5 Å². The molecule has 1 unspecified atom stereocenters. The van der Waals surface area contributed by atoms with Crippen LogP contribution in [0, 0.1) is 0 Å². The number of hydrogen-bond acceptors (Lipinski definition) is 6. The Morgan fingerprint density at radius 2 is 0.672 bits per heavy atom. The summed E-state index contributed by atoms with van der Waals surface area (Å²) in [7, 11) is 0. The van der Waals surface area contributed by atoms with Crippen molar-refractivity contribution < 1.29 is 28.6 Å². The SMILES string of the molecule is CC/C=C\C/C=C\C/C=C\C/C=C\C/C=C\CCC(=O)OC(COC(=O)CCCCCCCCC/C=C\C/C=C\CCCCC)COC(=O)CCCCCCCCCCCC. The summed E-state index contributed by atoms with van der Waals surface area (Å²) in [6, 6.07) is 0. The van der Waals surface area contributed by atoms with Crippen molar-refractivity contribution in [3.8, 4) is 0 Å². The van der Waals surface area contributed by atoms with Crippen LogP contribution in [0.4, 0.5) is 0 Å². The lowest BCUT2D eigenvalue weighted by molar-refractivity contribution is -0.166. The molecular formula is C55H92O6. The summed E-state index contributed by atoms with van der Waals surface area (Å²) in [5.41, 5.74) is 0. The van der Waals surface area contributed by atoms with E-state index in [4.69, 9.17) is 14.2 Å². The standard InChI is InChI=1S/C55H92O6/c1-4-7-10-13-16-19-22-24-26-28-30-31-33-36-39-42-45-48-54(57)60-51-52(50-59-53(56)47-44-41-38-35-21-18-15-12-9-6-3)61-55(58)49-46-43-40-37-34-32-29-27-25-23-20-17-14-11-8-5-2/h8,11,16-17,19-20,24-27,32,34,40,43,52H,4-7,9-10,12-15,18,21-23,28-31,33,35-39,41-42,44-51H2,1-3H3/b11-8-,19-16-,20-17-,26-24-,27-25-,34-32-,43-40-. The van der Waals surface area contributed by atoms with E-state index in [9.17, 15) is 14.4 Å². The number of esters is 3. The monoisotopic (exact) mass is 849 g/mol. The maximum atomic E-state index is 12.7. The van der Waals surface area contributed by atoms with Crippen LogP contribution in [0.25, 0.3) is 0 Å². The van der Waals surface area contributed by atoms with Crippen LogP contribution in [-0.4, -0.2) is 37.2 Å². The average molecular weight is 849 g/mol. The molecule has 348 valence electrons. The second-order valence-corrected chi connectivity index (χ2v) is 16.3. The summed E-state index contributed by atoms with van der Waals surface area (Å²) < 4.78 is 16.7. The second-order valence-electron chi connectivity index (χ2n) is 16.3. The fourth-order valence-corrected chi connectivity index (χ4v) is 6.64. The number of carbonyl (C=O) groups excluding carboxylic acids is 3. The van der Waals surface area contributed by atoms with E-state index in [1.165, 1.54) is 96.3 Å². The van der Waals surface area contributed by atoms with E-state index in [1.807, 2.05) is 12.2 Å². The van der Waals surface area contributed by atoms with Gasteiger partial charge in [-0.05, 0) is 83.5 Å². The molecule has 6 heteroatoms. The van der Waals surface area contributed by atoms with E-state index in [2.05, 4.69) is 93.7 Å². The molecular weight excluding hydrogens is 757 g/mol. The Morgan fingerprint density at radius 1 is 0.344 bits per heavy atom. The first-order chi connectivity index (χ1) is 30.0. The molecule has 61 heavy (non-hydrogen) atoms. The Morgan fingerprint density at radius 3 is 1.10 bits per heavy atom. The molecule has 0 spiro atoms. The van der Waals surface area contributed by atoms with Crippen molar-refractivity contribution in [2.45, 2.75) is 232 Å². The zero-order valence-corrected chi connectivity index (χ0v) is 39.7. The van der Waals surface area contributed by atoms with Crippen molar-refractivity contribution in [3.63, 3.8) is 0 Å². The highest BCUT2D eigenvalue weighted by Gasteiger charge is 2.19. The Kier molecular flexibility index (Phi) is 46.5. The first-order valence-corrected chi connectivity index (χ1v) is 25.1. The first kappa shape index (κ1) is 57.6. The van der Waals surface area contributed by atoms with E-state index in [0.29, 0.717) is 19.3 Å². The van der Waals surface area contributed by atoms with Crippen molar-refractivity contribution in [2.24, 2.45) is 0 Å². The summed E-state index contributed by atoms with van der Waals surface area (Å²) in [6.45, 7) is 6.41. The predicted octanol–water partition coefficient (Wildman–Crippen LogP) is 16.4. The minimum absolute atomic E-state index is 0.108. The molecule has 0 N–H and O–H groups in total. The van der Waals surface area contributed by atoms with Crippen LogP contribution < -0.4 is 0 Å². The number of unbranched alkanes of at least 4 members (excludes halogenated alkanes) is 19. The van der Waals surface area contributed by atoms with Crippen LogP contribution >= 0.6 is 0 Å². The molecule has 1 atom stereocenters. The van der Waals surface area contributed by atoms with Crippen LogP contribution in [0.2, 0.25) is 0 Å². The Balaban J connectivity index is 4.48. The van der Waals surface area contributed by atoms with Crippen LogP contribution in [0.1, 0.15) is 226 Å². The van der Waals surface area contributed by atoms with Crippen molar-refractivity contribution in [1.82, 2.24) is 0 Å². The molecule has 0 saturated heterocycles. The Labute approximate surface area is 375 Å². The number of allylic oxidation sites excluding steroid dienone is 14. The molecule has 0 saturated carbocycles. The van der Waals surface area contributed by atoms with Gasteiger partial charge in [-0.2, -0.15) is 0 Å². The largest absolute Gasteiger partial charge is 0.462 e. The van der Waals surface area contributed by atoms with Crippen LogP contribution in [0.5, 0.6) is 0 Å². The van der Waals surface area contributed by atoms with Gasteiger partial charge in [-0.3, -0.25) is 14.4 Å². The molecule has 0 rings (SSSR count). The third kappa shape index (κ3) is 47.5. The average Bonchev–Trinajstić information content (AvgIpc) is 3.26. The van der Waals surface area contributed by atoms with Gasteiger partial charge in [-0.15, -0.1) is 0 Å². The minimum Gasteiger partial charge on any atom is -0.462 e. The smallest absolute Gasteiger partial charge is 0.306 e. The first-order valence-electron chi connectivity index (χ1n) is 25.1. The van der Waals surface area contributed by atoms with Gasteiger partial charge in [-0.25, -0.2) is 0 Å². The van der Waals surface area contributed by atoms with E-state index in [-0.39, 0.29) is 31.6 Å². The highest BCUT2D eigenvalue weighted by molar-refractivity contribution is 5.71. The third-order valence-electron chi connectivity index (χ3n) is 10.4. The maximum Gasteiger partial charge on any atom is 0.306 e. The fraction of sp³-hybridized carbons (Fsp3) is 0.691. The van der Waals surface area contributed by atoms with E-state index >= 15 is 0 Å². The lowest BCUT2D eigenvalue weighted by Crippen LogP contribution is -2.30. The maximum absolute atomic E-state index is 12.7. The third-order valence-corrected chi connectivity index (χ3v) is 10.4. The number of rotatable bonds is 44. The Bertz CT molecular complexity index is 1200. The van der Waals surface area contributed by atoms with Crippen molar-refractivity contribution in [1.29, 1.82) is 0 Å². The second kappa shape index (κ2) is 49.2. The molecule has 0 bridgehead atoms. The number of hydrogen-bond donors (Lipinski definition) is 0. The van der Waals surface area contributed by atoms with Crippen molar-refractivity contribution in [3.05, 3.63) is 85.1 Å². The summed E-state index contributed by atoms with van der Waals surface area (Å²) in [5, 5.41) is 0. The van der Waals surface area contributed by atoms with Gasteiger partial charge in [0, 0.05) is 19.3 Å². The van der Waals surface area contributed by atoms with Gasteiger partial charge < -0.3 is 14.2 Å². The van der Waals surface area contributed by atoms with Crippen LogP contribution in [-0.2, 0) is 28.6 Å². The lowest BCUT2D eigenvalue weighted by atomic mass is 10.1. The molecule has 0 radical (unpaired) electrons. The lowest BCUT2D eigenvalue weighted by Gasteiger charge is -2.18. The molecule has 6 nitrogen and oxygen atoms in total. The predicted molar refractivity (Wildman–Crippen MR) is 261 cm³/mol. The quantitative estimate of drug-likeness (QED) is 0.0263. The van der Waals surface area contributed by atoms with Gasteiger partial charge in [0.15, 0.2) is 6.10 Å². The number of carbonyl (C=O) groups is 3.